The summed E-state index contributed by atoms with van der Waals surface area (Å²) in [6, 6.07) is 11.2. The summed E-state index contributed by atoms with van der Waals surface area (Å²) >= 11 is 5.99. The highest BCUT2D eigenvalue weighted by atomic mass is 35.5. The van der Waals surface area contributed by atoms with Gasteiger partial charge in [0.2, 0.25) is 0 Å². The first-order chi connectivity index (χ1) is 12.5. The number of carbonyl (C=O) groups is 2. The molecule has 3 rings (SSSR count). The lowest BCUT2D eigenvalue weighted by atomic mass is 10.2. The van der Waals surface area contributed by atoms with Crippen LogP contribution in [-0.2, 0) is 9.59 Å². The third-order valence-electron chi connectivity index (χ3n) is 3.65. The van der Waals surface area contributed by atoms with Gasteiger partial charge in [-0.1, -0.05) is 23.7 Å². The molecule has 1 saturated carbocycles. The Balaban J connectivity index is 1.70. The van der Waals surface area contributed by atoms with E-state index in [0.29, 0.717) is 16.3 Å². The van der Waals surface area contributed by atoms with Gasteiger partial charge >= 0.3 is 11.8 Å². The Bertz CT molecular complexity index is 868. The van der Waals surface area contributed by atoms with Crippen LogP contribution in [0.5, 0.6) is 0 Å². The zero-order valence-electron chi connectivity index (χ0n) is 13.6. The van der Waals surface area contributed by atoms with Gasteiger partial charge in [0.25, 0.3) is 0 Å². The van der Waals surface area contributed by atoms with E-state index in [2.05, 4.69) is 21.2 Å². The number of anilines is 2. The maximum Gasteiger partial charge on any atom is 0.329 e. The van der Waals surface area contributed by atoms with Crippen molar-refractivity contribution < 1.29 is 14.0 Å². The quantitative estimate of drug-likeness (QED) is 0.427. The molecule has 2 amide bonds. The topological polar surface area (TPSA) is 82.6 Å². The summed E-state index contributed by atoms with van der Waals surface area (Å²) in [5.41, 5.74) is 3.51. The first-order valence-corrected chi connectivity index (χ1v) is 8.36. The molecule has 0 aromatic heterocycles. The van der Waals surface area contributed by atoms with Gasteiger partial charge in [0, 0.05) is 22.3 Å². The van der Waals surface area contributed by atoms with Crippen molar-refractivity contribution in [3.8, 4) is 0 Å². The number of para-hydroxylation sites is 1. The molecule has 0 atom stereocenters. The fourth-order valence-electron chi connectivity index (χ4n) is 2.15. The van der Waals surface area contributed by atoms with Crippen molar-refractivity contribution in [3.63, 3.8) is 0 Å². The molecule has 0 heterocycles. The van der Waals surface area contributed by atoms with Crippen LogP contribution in [0.15, 0.2) is 47.6 Å². The van der Waals surface area contributed by atoms with Crippen molar-refractivity contribution in [2.24, 2.45) is 5.10 Å². The average Bonchev–Trinajstić information content (AvgIpc) is 3.43. The van der Waals surface area contributed by atoms with Crippen molar-refractivity contribution in [1.29, 1.82) is 0 Å². The average molecular weight is 375 g/mol. The van der Waals surface area contributed by atoms with Crippen molar-refractivity contribution in [2.45, 2.75) is 18.9 Å². The van der Waals surface area contributed by atoms with Crippen molar-refractivity contribution >= 4 is 41.0 Å². The van der Waals surface area contributed by atoms with E-state index in [1.54, 1.807) is 36.4 Å². The van der Waals surface area contributed by atoms with Gasteiger partial charge in [-0.3, -0.25) is 9.59 Å². The van der Waals surface area contributed by atoms with Gasteiger partial charge in [-0.25, -0.2) is 9.82 Å². The molecule has 1 aliphatic carbocycles. The van der Waals surface area contributed by atoms with E-state index in [4.69, 9.17) is 11.6 Å². The van der Waals surface area contributed by atoms with E-state index in [0.717, 1.165) is 12.8 Å². The van der Waals surface area contributed by atoms with E-state index < -0.39 is 17.6 Å². The Hall–Kier alpha value is -2.93. The number of hydrazone groups is 1. The van der Waals surface area contributed by atoms with E-state index in [1.165, 1.54) is 12.3 Å². The Labute approximate surface area is 154 Å². The van der Waals surface area contributed by atoms with Crippen LogP contribution in [0.1, 0.15) is 18.4 Å². The van der Waals surface area contributed by atoms with Gasteiger partial charge in [0.1, 0.15) is 5.82 Å². The summed E-state index contributed by atoms with van der Waals surface area (Å²) in [4.78, 5) is 23.2. The molecule has 8 heteroatoms. The molecule has 2 aromatic rings. The van der Waals surface area contributed by atoms with Crippen LogP contribution in [0.25, 0.3) is 0 Å². The fourth-order valence-corrected chi connectivity index (χ4v) is 2.33. The number of carbonyl (C=O) groups excluding carboxylic acids is 2. The van der Waals surface area contributed by atoms with Gasteiger partial charge in [0.15, 0.2) is 0 Å². The number of hydrogen-bond donors (Lipinski definition) is 3. The Morgan fingerprint density at radius 3 is 2.62 bits per heavy atom. The Morgan fingerprint density at radius 1 is 1.12 bits per heavy atom. The molecule has 0 radical (unpaired) electrons. The minimum absolute atomic E-state index is 0.0849. The van der Waals surface area contributed by atoms with Crippen LogP contribution in [0.2, 0.25) is 5.02 Å². The second-order valence-electron chi connectivity index (χ2n) is 5.78. The fraction of sp³-hybridized carbons (Fsp3) is 0.167. The van der Waals surface area contributed by atoms with Crippen molar-refractivity contribution in [1.82, 2.24) is 10.7 Å². The van der Waals surface area contributed by atoms with Crippen LogP contribution in [0, 0.1) is 5.82 Å². The minimum atomic E-state index is -0.848. The lowest BCUT2D eigenvalue weighted by Gasteiger charge is -2.10. The highest BCUT2D eigenvalue weighted by Gasteiger charge is 2.26. The molecular weight excluding hydrogens is 359 g/mol. The number of amides is 2. The predicted molar refractivity (Wildman–Crippen MR) is 98.0 cm³/mol. The molecule has 3 N–H and O–H groups in total. The SMILES string of the molecule is O=C(N/N=C\c1cc(Cl)ccc1Nc1ccccc1F)C(=O)NC1CC1. The monoisotopic (exact) mass is 374 g/mol. The van der Waals surface area contributed by atoms with E-state index in [9.17, 15) is 14.0 Å². The summed E-state index contributed by atoms with van der Waals surface area (Å²) < 4.78 is 13.8. The molecule has 1 aliphatic rings. The molecule has 2 aromatic carbocycles. The molecule has 0 aliphatic heterocycles. The lowest BCUT2D eigenvalue weighted by Crippen LogP contribution is -2.38. The predicted octanol–water partition coefficient (Wildman–Crippen LogP) is 2.95. The van der Waals surface area contributed by atoms with E-state index >= 15 is 0 Å². The normalized spacial score (nSPS) is 13.5. The maximum atomic E-state index is 13.8. The third-order valence-corrected chi connectivity index (χ3v) is 3.88. The van der Waals surface area contributed by atoms with Crippen LogP contribution in [0.4, 0.5) is 15.8 Å². The summed E-state index contributed by atoms with van der Waals surface area (Å²) in [5.74, 6) is -1.98. The summed E-state index contributed by atoms with van der Waals surface area (Å²) in [7, 11) is 0. The Morgan fingerprint density at radius 2 is 1.88 bits per heavy atom. The molecule has 0 spiro atoms. The number of halogens is 2. The maximum absolute atomic E-state index is 13.8. The molecule has 0 saturated heterocycles. The first kappa shape index (κ1) is 17.9. The van der Waals surface area contributed by atoms with Gasteiger partial charge in [-0.2, -0.15) is 5.10 Å². The molecular formula is C18H16ClFN4O2. The molecule has 0 bridgehead atoms. The van der Waals surface area contributed by atoms with Crippen LogP contribution >= 0.6 is 11.6 Å². The standard InChI is InChI=1S/C18H16ClFN4O2/c19-12-5-8-15(23-16-4-2-1-3-14(16)20)11(9-12)10-21-24-18(26)17(25)22-13-6-7-13/h1-5,8-10,13,23H,6-7H2,(H,22,25)(H,24,26)/b21-10-. The van der Waals surface area contributed by atoms with Crippen molar-refractivity contribution in [3.05, 3.63) is 58.9 Å². The number of nitrogens with zero attached hydrogens (tertiary/aromatic N) is 1. The zero-order valence-corrected chi connectivity index (χ0v) is 14.4. The van der Waals surface area contributed by atoms with Crippen molar-refractivity contribution in [2.75, 3.05) is 5.32 Å². The highest BCUT2D eigenvalue weighted by molar-refractivity contribution is 6.35. The van der Waals surface area contributed by atoms with Crippen LogP contribution < -0.4 is 16.1 Å². The molecule has 0 unspecified atom stereocenters. The summed E-state index contributed by atoms with van der Waals surface area (Å²) in [6.45, 7) is 0. The largest absolute Gasteiger partial charge is 0.353 e. The zero-order chi connectivity index (χ0) is 18.5. The summed E-state index contributed by atoms with van der Waals surface area (Å²) in [6.07, 6.45) is 3.10. The van der Waals surface area contributed by atoms with Gasteiger partial charge in [0.05, 0.1) is 11.9 Å². The van der Waals surface area contributed by atoms with Gasteiger partial charge < -0.3 is 10.6 Å². The van der Waals surface area contributed by atoms with E-state index in [-0.39, 0.29) is 11.7 Å². The lowest BCUT2D eigenvalue weighted by molar-refractivity contribution is -0.139. The molecule has 1 fully saturated rings. The first-order valence-electron chi connectivity index (χ1n) is 7.98. The molecule has 134 valence electrons. The van der Waals surface area contributed by atoms with Crippen LogP contribution in [-0.4, -0.2) is 24.1 Å². The number of benzene rings is 2. The second-order valence-corrected chi connectivity index (χ2v) is 6.22. The van der Waals surface area contributed by atoms with Crippen LogP contribution in [0.3, 0.4) is 0 Å². The summed E-state index contributed by atoms with van der Waals surface area (Å²) in [5, 5.41) is 9.73. The van der Waals surface area contributed by atoms with Gasteiger partial charge in [-0.15, -0.1) is 0 Å². The minimum Gasteiger partial charge on any atom is -0.353 e. The number of rotatable bonds is 5. The smallest absolute Gasteiger partial charge is 0.329 e. The number of nitrogens with one attached hydrogen (secondary N) is 3. The van der Waals surface area contributed by atoms with Gasteiger partial charge in [-0.05, 0) is 43.2 Å². The highest BCUT2D eigenvalue weighted by Crippen LogP contribution is 2.24. The molecule has 6 nitrogen and oxygen atoms in total. The third kappa shape index (κ3) is 4.80. The number of hydrogen-bond acceptors (Lipinski definition) is 4. The second kappa shape index (κ2) is 7.97. The van der Waals surface area contributed by atoms with E-state index in [1.807, 2.05) is 0 Å². The molecule has 26 heavy (non-hydrogen) atoms. The Kier molecular flexibility index (Phi) is 5.48.